The standard InChI is InChI=1S/C15H8Cl2F3N3O2/c16-9-6-11-12(7-10(9)17)23(13(21-11)15(18,19)20)14(24)22-25-8-4-2-1-3-5-8/h1-7H,(H,22,24). The fourth-order valence-electron chi connectivity index (χ4n) is 2.11. The van der Waals surface area contributed by atoms with Crippen LogP contribution in [0, 0.1) is 0 Å². The molecule has 0 aliphatic rings. The number of hydrogen-bond donors (Lipinski definition) is 1. The van der Waals surface area contributed by atoms with Gasteiger partial charge in [-0.1, -0.05) is 41.4 Å². The number of imidazole rings is 1. The molecule has 0 saturated carbocycles. The Balaban J connectivity index is 2.03. The number of carbonyl (C=O) groups excluding carboxylic acids is 1. The average Bonchev–Trinajstić information content (AvgIpc) is 2.93. The van der Waals surface area contributed by atoms with Crippen molar-refractivity contribution in [3.8, 4) is 5.75 Å². The third kappa shape index (κ3) is 3.49. The number of alkyl halides is 3. The van der Waals surface area contributed by atoms with Crippen LogP contribution in [0.5, 0.6) is 5.75 Å². The van der Waals surface area contributed by atoms with Gasteiger partial charge in [-0.15, -0.1) is 0 Å². The van der Waals surface area contributed by atoms with Crippen molar-refractivity contribution in [1.29, 1.82) is 0 Å². The summed E-state index contributed by atoms with van der Waals surface area (Å²) in [7, 11) is 0. The SMILES string of the molecule is O=C(NOc1ccccc1)n1c(C(F)(F)F)nc2cc(Cl)c(Cl)cc21. The van der Waals surface area contributed by atoms with Crippen LogP contribution in [-0.2, 0) is 6.18 Å². The third-order valence-corrected chi connectivity index (χ3v) is 3.87. The summed E-state index contributed by atoms with van der Waals surface area (Å²) in [6, 6.07) is 9.12. The smallest absolute Gasteiger partial charge is 0.378 e. The van der Waals surface area contributed by atoms with Gasteiger partial charge in [-0.2, -0.15) is 18.7 Å². The zero-order chi connectivity index (χ0) is 18.2. The molecule has 1 aromatic heterocycles. The lowest BCUT2D eigenvalue weighted by molar-refractivity contribution is -0.145. The van der Waals surface area contributed by atoms with Gasteiger partial charge >= 0.3 is 12.2 Å². The topological polar surface area (TPSA) is 56.1 Å². The molecule has 3 rings (SSSR count). The fourth-order valence-corrected chi connectivity index (χ4v) is 2.42. The molecule has 0 aliphatic heterocycles. The second kappa shape index (κ2) is 6.45. The minimum Gasteiger partial charge on any atom is -0.378 e. The van der Waals surface area contributed by atoms with E-state index in [1.54, 1.807) is 18.2 Å². The zero-order valence-corrected chi connectivity index (χ0v) is 13.7. The van der Waals surface area contributed by atoms with Crippen LogP contribution in [0.15, 0.2) is 42.5 Å². The molecule has 0 bridgehead atoms. The number of halogens is 5. The Bertz CT molecular complexity index is 943. The van der Waals surface area contributed by atoms with Crippen molar-refractivity contribution >= 4 is 40.3 Å². The van der Waals surface area contributed by atoms with E-state index in [4.69, 9.17) is 28.0 Å². The maximum absolute atomic E-state index is 13.2. The summed E-state index contributed by atoms with van der Waals surface area (Å²) in [5.41, 5.74) is 1.66. The molecule has 0 saturated heterocycles. The molecule has 1 amide bonds. The van der Waals surface area contributed by atoms with Gasteiger partial charge in [-0.05, 0) is 24.3 Å². The number of hydroxylamine groups is 1. The third-order valence-electron chi connectivity index (χ3n) is 3.15. The molecule has 0 unspecified atom stereocenters. The summed E-state index contributed by atoms with van der Waals surface area (Å²) >= 11 is 11.6. The van der Waals surface area contributed by atoms with Crippen LogP contribution in [0.4, 0.5) is 18.0 Å². The molecule has 0 spiro atoms. The quantitative estimate of drug-likeness (QED) is 0.633. The molecular weight excluding hydrogens is 382 g/mol. The van der Waals surface area contributed by atoms with Gasteiger partial charge < -0.3 is 4.84 Å². The van der Waals surface area contributed by atoms with Gasteiger partial charge in [-0.3, -0.25) is 0 Å². The molecule has 10 heteroatoms. The van der Waals surface area contributed by atoms with Gasteiger partial charge in [0.05, 0.1) is 21.1 Å². The van der Waals surface area contributed by atoms with Crippen molar-refractivity contribution in [1.82, 2.24) is 15.0 Å². The maximum Gasteiger partial charge on any atom is 0.450 e. The molecule has 3 aromatic rings. The highest BCUT2D eigenvalue weighted by Gasteiger charge is 2.39. The van der Waals surface area contributed by atoms with Crippen molar-refractivity contribution < 1.29 is 22.8 Å². The van der Waals surface area contributed by atoms with Gasteiger partial charge in [0, 0.05) is 0 Å². The normalized spacial score (nSPS) is 11.6. The first-order chi connectivity index (χ1) is 11.8. The molecule has 0 fully saturated rings. The monoisotopic (exact) mass is 389 g/mol. The van der Waals surface area contributed by atoms with Gasteiger partial charge in [0.15, 0.2) is 5.75 Å². The summed E-state index contributed by atoms with van der Waals surface area (Å²) in [5.74, 6) is -1.18. The Labute approximate surface area is 148 Å². The maximum atomic E-state index is 13.2. The number of hydrogen-bond acceptors (Lipinski definition) is 3. The largest absolute Gasteiger partial charge is 0.450 e. The predicted molar refractivity (Wildman–Crippen MR) is 85.8 cm³/mol. The number of nitrogens with zero attached hydrogens (tertiary/aromatic N) is 2. The highest BCUT2D eigenvalue weighted by atomic mass is 35.5. The van der Waals surface area contributed by atoms with E-state index in [-0.39, 0.29) is 26.8 Å². The van der Waals surface area contributed by atoms with E-state index in [2.05, 4.69) is 4.98 Å². The molecule has 2 aromatic carbocycles. The van der Waals surface area contributed by atoms with E-state index < -0.39 is 18.0 Å². The van der Waals surface area contributed by atoms with Crippen molar-refractivity contribution in [2.45, 2.75) is 6.18 Å². The molecule has 0 radical (unpaired) electrons. The van der Waals surface area contributed by atoms with Crippen LogP contribution in [0.1, 0.15) is 5.82 Å². The van der Waals surface area contributed by atoms with E-state index in [1.807, 2.05) is 5.48 Å². The fraction of sp³-hybridized carbons (Fsp3) is 0.0667. The Morgan fingerprint density at radius 1 is 1.12 bits per heavy atom. The summed E-state index contributed by atoms with van der Waals surface area (Å²) in [4.78, 5) is 20.7. The number of aromatic nitrogens is 2. The van der Waals surface area contributed by atoms with Crippen molar-refractivity contribution in [3.63, 3.8) is 0 Å². The predicted octanol–water partition coefficient (Wildman–Crippen LogP) is 4.91. The highest BCUT2D eigenvalue weighted by Crippen LogP contribution is 2.34. The van der Waals surface area contributed by atoms with E-state index in [1.165, 1.54) is 12.1 Å². The van der Waals surface area contributed by atoms with Crippen molar-refractivity contribution in [2.75, 3.05) is 0 Å². The van der Waals surface area contributed by atoms with Gasteiger partial charge in [0.2, 0.25) is 5.82 Å². The minimum atomic E-state index is -4.87. The van der Waals surface area contributed by atoms with Crippen LogP contribution in [0.3, 0.4) is 0 Å². The van der Waals surface area contributed by atoms with Gasteiger partial charge in [-0.25, -0.2) is 14.3 Å². The molecular formula is C15H8Cl2F3N3O2. The zero-order valence-electron chi connectivity index (χ0n) is 12.1. The second-order valence-electron chi connectivity index (χ2n) is 4.85. The number of benzene rings is 2. The van der Waals surface area contributed by atoms with Crippen molar-refractivity contribution in [2.24, 2.45) is 0 Å². The molecule has 130 valence electrons. The number of fused-ring (bicyclic) bond motifs is 1. The lowest BCUT2D eigenvalue weighted by atomic mass is 10.3. The first-order valence-corrected chi connectivity index (χ1v) is 7.50. The molecule has 1 heterocycles. The summed E-state index contributed by atoms with van der Waals surface area (Å²) in [6.45, 7) is 0. The molecule has 5 nitrogen and oxygen atoms in total. The number of nitrogens with one attached hydrogen (secondary N) is 1. The van der Waals surface area contributed by atoms with Crippen LogP contribution < -0.4 is 10.3 Å². The molecule has 0 aliphatic carbocycles. The van der Waals surface area contributed by atoms with E-state index in [0.29, 0.717) is 4.57 Å². The number of rotatable bonds is 2. The number of para-hydroxylation sites is 1. The van der Waals surface area contributed by atoms with Crippen LogP contribution in [0.25, 0.3) is 11.0 Å². The Hall–Kier alpha value is -2.45. The van der Waals surface area contributed by atoms with E-state index >= 15 is 0 Å². The molecule has 25 heavy (non-hydrogen) atoms. The minimum absolute atomic E-state index is 0.0131. The Morgan fingerprint density at radius 3 is 2.40 bits per heavy atom. The number of carbonyl (C=O) groups is 1. The Kier molecular flexibility index (Phi) is 4.49. The molecule has 0 atom stereocenters. The van der Waals surface area contributed by atoms with Crippen LogP contribution in [0.2, 0.25) is 10.0 Å². The van der Waals surface area contributed by atoms with Crippen molar-refractivity contribution in [3.05, 3.63) is 58.3 Å². The lowest BCUT2D eigenvalue weighted by Crippen LogP contribution is -2.34. The van der Waals surface area contributed by atoms with Gasteiger partial charge in [0.25, 0.3) is 0 Å². The van der Waals surface area contributed by atoms with Crippen LogP contribution in [-0.4, -0.2) is 15.6 Å². The molecule has 1 N–H and O–H groups in total. The summed E-state index contributed by atoms with van der Waals surface area (Å²) in [5, 5.41) is 0.00861. The Morgan fingerprint density at radius 2 is 1.76 bits per heavy atom. The van der Waals surface area contributed by atoms with Crippen LogP contribution >= 0.6 is 23.2 Å². The highest BCUT2D eigenvalue weighted by molar-refractivity contribution is 6.42. The summed E-state index contributed by atoms with van der Waals surface area (Å²) < 4.78 is 40.1. The number of amides is 1. The van der Waals surface area contributed by atoms with E-state index in [9.17, 15) is 18.0 Å². The van der Waals surface area contributed by atoms with E-state index in [0.717, 1.165) is 12.1 Å². The summed E-state index contributed by atoms with van der Waals surface area (Å²) in [6.07, 6.45) is -4.87. The first-order valence-electron chi connectivity index (χ1n) is 6.74. The second-order valence-corrected chi connectivity index (χ2v) is 5.66. The first kappa shape index (κ1) is 17.4. The van der Waals surface area contributed by atoms with Gasteiger partial charge in [0.1, 0.15) is 0 Å². The lowest BCUT2D eigenvalue weighted by Gasteiger charge is -2.12. The average molecular weight is 390 g/mol.